The molecule has 1 unspecified atom stereocenters. The maximum Gasteiger partial charge on any atom is 0.323 e. The number of rotatable bonds is 5. The van der Waals surface area contributed by atoms with Crippen molar-refractivity contribution < 1.29 is 32.0 Å². The van der Waals surface area contributed by atoms with Gasteiger partial charge in [-0.1, -0.05) is 0 Å². The van der Waals surface area contributed by atoms with Crippen LogP contribution in [0.1, 0.15) is 6.92 Å². The van der Waals surface area contributed by atoms with Crippen molar-refractivity contribution in [3.8, 4) is 0 Å². The smallest absolute Gasteiger partial charge is 0.323 e. The van der Waals surface area contributed by atoms with Gasteiger partial charge < -0.3 is 5.11 Å². The highest BCUT2D eigenvalue weighted by Gasteiger charge is 2.31. The van der Waals surface area contributed by atoms with E-state index in [4.69, 9.17) is 5.11 Å². The van der Waals surface area contributed by atoms with Crippen molar-refractivity contribution in [2.45, 2.75) is 12.2 Å². The van der Waals surface area contributed by atoms with E-state index in [-0.39, 0.29) is 6.07 Å². The van der Waals surface area contributed by atoms with Gasteiger partial charge in [-0.05, 0) is 6.92 Å². The van der Waals surface area contributed by atoms with Gasteiger partial charge in [-0.3, -0.25) is 19.6 Å². The van der Waals surface area contributed by atoms with Crippen molar-refractivity contribution in [2.75, 3.05) is 4.72 Å². The number of aliphatic carboxylic acids is 1. The zero-order valence-electron chi connectivity index (χ0n) is 9.83. The number of carbonyl (C=O) groups is 1. The Hall–Kier alpha value is -2.30. The van der Waals surface area contributed by atoms with Gasteiger partial charge in [0.25, 0.3) is 5.69 Å². The highest BCUT2D eigenvalue weighted by molar-refractivity contribution is 7.94. The minimum Gasteiger partial charge on any atom is -0.480 e. The summed E-state index contributed by atoms with van der Waals surface area (Å²) in [4.78, 5) is 20.0. The van der Waals surface area contributed by atoms with Crippen LogP contribution in [0.4, 0.5) is 20.2 Å². The van der Waals surface area contributed by atoms with Crippen LogP contribution in [0, 0.1) is 21.7 Å². The number of anilines is 1. The summed E-state index contributed by atoms with van der Waals surface area (Å²) in [5.41, 5.74) is -2.28. The summed E-state index contributed by atoms with van der Waals surface area (Å²) < 4.78 is 50.9. The van der Waals surface area contributed by atoms with E-state index in [0.29, 0.717) is 6.07 Å². The molecule has 8 nitrogen and oxygen atoms in total. The van der Waals surface area contributed by atoms with E-state index in [1.807, 2.05) is 0 Å². The van der Waals surface area contributed by atoms with Crippen LogP contribution in [-0.4, -0.2) is 29.7 Å². The first kappa shape index (κ1) is 15.8. The lowest BCUT2D eigenvalue weighted by Gasteiger charge is -2.12. The van der Waals surface area contributed by atoms with E-state index >= 15 is 0 Å². The average molecular weight is 310 g/mol. The highest BCUT2D eigenvalue weighted by Crippen LogP contribution is 2.30. The van der Waals surface area contributed by atoms with E-state index in [0.717, 1.165) is 6.92 Å². The summed E-state index contributed by atoms with van der Waals surface area (Å²) in [6, 6.07) is 0.544. The summed E-state index contributed by atoms with van der Waals surface area (Å²) in [6.45, 7) is 0.790. The summed E-state index contributed by atoms with van der Waals surface area (Å²) >= 11 is 0. The molecule has 0 aromatic heterocycles. The fourth-order valence-corrected chi connectivity index (χ4v) is 2.10. The molecule has 11 heteroatoms. The number of sulfonamides is 1. The van der Waals surface area contributed by atoms with Crippen LogP contribution in [0.25, 0.3) is 0 Å². The fourth-order valence-electron chi connectivity index (χ4n) is 1.17. The summed E-state index contributed by atoms with van der Waals surface area (Å²) in [6.07, 6.45) is 0. The maximum atomic E-state index is 13.4. The van der Waals surface area contributed by atoms with Crippen LogP contribution in [0.2, 0.25) is 0 Å². The molecule has 0 saturated heterocycles. The van der Waals surface area contributed by atoms with Gasteiger partial charge in [0, 0.05) is 6.07 Å². The maximum absolute atomic E-state index is 13.4. The van der Waals surface area contributed by atoms with Crippen molar-refractivity contribution in [1.29, 1.82) is 0 Å². The molecule has 20 heavy (non-hydrogen) atoms. The minimum absolute atomic E-state index is 0.232. The molecule has 2 N–H and O–H groups in total. The quantitative estimate of drug-likeness (QED) is 0.619. The molecule has 0 amide bonds. The number of carboxylic acids is 1. The fraction of sp³-hybridized carbons (Fsp3) is 0.222. The second kappa shape index (κ2) is 5.36. The normalized spacial score (nSPS) is 12.8. The highest BCUT2D eigenvalue weighted by atomic mass is 32.2. The average Bonchev–Trinajstić information content (AvgIpc) is 2.30. The molecular weight excluding hydrogens is 302 g/mol. The van der Waals surface area contributed by atoms with Gasteiger partial charge in [0.15, 0.2) is 16.8 Å². The lowest BCUT2D eigenvalue weighted by atomic mass is 10.2. The third kappa shape index (κ3) is 3.17. The van der Waals surface area contributed by atoms with Gasteiger partial charge in [-0.25, -0.2) is 17.2 Å². The third-order valence-corrected chi connectivity index (χ3v) is 3.91. The van der Waals surface area contributed by atoms with Crippen LogP contribution >= 0.6 is 0 Å². The molecule has 0 saturated carbocycles. The first-order valence-corrected chi connectivity index (χ1v) is 6.48. The zero-order chi connectivity index (χ0) is 15.7. The molecule has 110 valence electrons. The Morgan fingerprint density at radius 1 is 1.45 bits per heavy atom. The molecule has 1 rings (SSSR count). The van der Waals surface area contributed by atoms with Gasteiger partial charge in [0.05, 0.1) is 11.0 Å². The van der Waals surface area contributed by atoms with Crippen molar-refractivity contribution in [3.05, 3.63) is 33.9 Å². The third-order valence-electron chi connectivity index (χ3n) is 2.29. The number of nitro groups is 1. The van der Waals surface area contributed by atoms with Crippen LogP contribution in [0.3, 0.4) is 0 Å². The van der Waals surface area contributed by atoms with Gasteiger partial charge >= 0.3 is 5.97 Å². The summed E-state index contributed by atoms with van der Waals surface area (Å²) in [5.74, 6) is -4.54. The minimum atomic E-state index is -4.62. The number of halogens is 2. The van der Waals surface area contributed by atoms with E-state index in [1.54, 1.807) is 0 Å². The monoisotopic (exact) mass is 310 g/mol. The summed E-state index contributed by atoms with van der Waals surface area (Å²) in [7, 11) is -4.62. The topological polar surface area (TPSA) is 127 Å². The Labute approximate surface area is 111 Å². The molecule has 1 aromatic carbocycles. The van der Waals surface area contributed by atoms with E-state index in [1.165, 1.54) is 4.72 Å². The number of hydrogen-bond donors (Lipinski definition) is 2. The van der Waals surface area contributed by atoms with Crippen molar-refractivity contribution in [1.82, 2.24) is 0 Å². The molecule has 0 spiro atoms. The second-order valence-electron chi connectivity index (χ2n) is 3.67. The molecule has 0 bridgehead atoms. The molecule has 0 radical (unpaired) electrons. The summed E-state index contributed by atoms with van der Waals surface area (Å²) in [5, 5.41) is 17.2. The van der Waals surface area contributed by atoms with Gasteiger partial charge in [0.2, 0.25) is 10.0 Å². The Morgan fingerprint density at radius 3 is 2.45 bits per heavy atom. The van der Waals surface area contributed by atoms with E-state index < -0.39 is 49.2 Å². The first-order valence-electron chi connectivity index (χ1n) is 4.94. The molecular formula is C9H8F2N2O6S. The lowest BCUT2D eigenvalue weighted by Crippen LogP contribution is -2.32. The van der Waals surface area contributed by atoms with Crippen LogP contribution in [0.5, 0.6) is 0 Å². The number of benzene rings is 1. The molecule has 0 aliphatic rings. The van der Waals surface area contributed by atoms with Crippen molar-refractivity contribution in [3.63, 3.8) is 0 Å². The molecule has 0 aliphatic carbocycles. The number of hydrogen-bond acceptors (Lipinski definition) is 5. The second-order valence-corrected chi connectivity index (χ2v) is 5.67. The molecule has 0 fully saturated rings. The predicted molar refractivity (Wildman–Crippen MR) is 62.7 cm³/mol. The van der Waals surface area contributed by atoms with Gasteiger partial charge in [0.1, 0.15) is 5.82 Å². The Kier molecular flexibility index (Phi) is 4.23. The predicted octanol–water partition coefficient (Wildman–Crippen LogP) is 1.09. The number of nitrogens with zero attached hydrogens (tertiary/aromatic N) is 1. The molecule has 0 heterocycles. The number of carboxylic acid groups (broad SMARTS) is 1. The standard InChI is InChI=1S/C9H8F2N2O6S/c1-4(9(14)15)20(18,19)12-8-6(11)2-5(10)3-7(8)13(16)17/h2-4,12H,1H3,(H,14,15). The Balaban J connectivity index is 3.35. The van der Waals surface area contributed by atoms with Gasteiger partial charge in [-0.2, -0.15) is 0 Å². The van der Waals surface area contributed by atoms with Crippen LogP contribution < -0.4 is 4.72 Å². The Morgan fingerprint density at radius 2 is 2.00 bits per heavy atom. The first-order chi connectivity index (χ1) is 9.06. The van der Waals surface area contributed by atoms with E-state index in [2.05, 4.69) is 0 Å². The number of nitrogens with one attached hydrogen (secondary N) is 1. The molecule has 1 atom stereocenters. The van der Waals surface area contributed by atoms with Crippen molar-refractivity contribution >= 4 is 27.4 Å². The number of nitro benzene ring substituents is 1. The van der Waals surface area contributed by atoms with E-state index in [9.17, 15) is 32.1 Å². The molecule has 1 aromatic rings. The SMILES string of the molecule is CC(C(=O)O)S(=O)(=O)Nc1c(F)cc(F)cc1[N+](=O)[O-]. The van der Waals surface area contributed by atoms with Crippen molar-refractivity contribution in [2.24, 2.45) is 0 Å². The van der Waals surface area contributed by atoms with Crippen LogP contribution in [-0.2, 0) is 14.8 Å². The zero-order valence-corrected chi connectivity index (χ0v) is 10.6. The molecule has 0 aliphatic heterocycles. The lowest BCUT2D eigenvalue weighted by molar-refractivity contribution is -0.384. The van der Waals surface area contributed by atoms with Gasteiger partial charge in [-0.15, -0.1) is 0 Å². The largest absolute Gasteiger partial charge is 0.480 e. The van der Waals surface area contributed by atoms with Crippen LogP contribution in [0.15, 0.2) is 12.1 Å². The Bertz CT molecular complexity index is 675.